The summed E-state index contributed by atoms with van der Waals surface area (Å²) in [5.74, 6) is 0.733. The molecule has 0 spiro atoms. The zero-order valence-electron chi connectivity index (χ0n) is 8.36. The van der Waals surface area contributed by atoms with E-state index < -0.39 is 0 Å². The Balaban J connectivity index is 2.34. The van der Waals surface area contributed by atoms with Crippen LogP contribution >= 0.6 is 0 Å². The Bertz CT molecular complexity index is 146. The molecule has 3 heteroatoms. The van der Waals surface area contributed by atoms with Crippen LogP contribution in [-0.2, 0) is 14.3 Å². The third-order valence-electron chi connectivity index (χ3n) is 2.86. The van der Waals surface area contributed by atoms with Gasteiger partial charge in [-0.15, -0.1) is 0 Å². The van der Waals surface area contributed by atoms with E-state index >= 15 is 0 Å². The van der Waals surface area contributed by atoms with Crippen LogP contribution in [0, 0.1) is 11.8 Å². The molecular formula is C10H18O3. The maximum atomic E-state index is 10.5. The van der Waals surface area contributed by atoms with Gasteiger partial charge in [0.05, 0.1) is 0 Å². The van der Waals surface area contributed by atoms with Gasteiger partial charge in [0, 0.05) is 26.1 Å². The molecule has 76 valence electrons. The molecule has 0 aromatic carbocycles. The molecule has 0 aromatic heterocycles. The normalized spacial score (nSPS) is 29.2. The SMILES string of the molecule is COC(OC)C1CCC(C=O)CC1. The number of methoxy groups -OCH3 is 2. The average molecular weight is 186 g/mol. The first-order valence-electron chi connectivity index (χ1n) is 4.82. The first-order chi connectivity index (χ1) is 6.31. The molecule has 1 aliphatic rings. The van der Waals surface area contributed by atoms with Crippen molar-refractivity contribution in [1.29, 1.82) is 0 Å². The maximum absolute atomic E-state index is 10.5. The monoisotopic (exact) mass is 186 g/mol. The maximum Gasteiger partial charge on any atom is 0.159 e. The summed E-state index contributed by atoms with van der Waals surface area (Å²) in [6.45, 7) is 0. The van der Waals surface area contributed by atoms with E-state index in [0.29, 0.717) is 5.92 Å². The van der Waals surface area contributed by atoms with Gasteiger partial charge in [-0.3, -0.25) is 0 Å². The molecule has 1 rings (SSSR count). The van der Waals surface area contributed by atoms with Gasteiger partial charge in [-0.2, -0.15) is 0 Å². The Kier molecular flexibility index (Phi) is 4.39. The fourth-order valence-electron chi connectivity index (χ4n) is 2.03. The minimum absolute atomic E-state index is 0.0902. The molecular weight excluding hydrogens is 168 g/mol. The van der Waals surface area contributed by atoms with Crippen LogP contribution in [-0.4, -0.2) is 26.8 Å². The van der Waals surface area contributed by atoms with Crippen molar-refractivity contribution in [3.63, 3.8) is 0 Å². The molecule has 0 amide bonds. The Morgan fingerprint density at radius 3 is 2.08 bits per heavy atom. The molecule has 0 radical (unpaired) electrons. The number of hydrogen-bond donors (Lipinski definition) is 0. The van der Waals surface area contributed by atoms with Crippen molar-refractivity contribution in [1.82, 2.24) is 0 Å². The van der Waals surface area contributed by atoms with Gasteiger partial charge >= 0.3 is 0 Å². The average Bonchev–Trinajstić information content (AvgIpc) is 2.21. The summed E-state index contributed by atoms with van der Waals surface area (Å²) in [5.41, 5.74) is 0. The lowest BCUT2D eigenvalue weighted by Gasteiger charge is -2.30. The van der Waals surface area contributed by atoms with Gasteiger partial charge in [-0.25, -0.2) is 0 Å². The summed E-state index contributed by atoms with van der Waals surface area (Å²) in [6.07, 6.45) is 5.03. The molecule has 3 nitrogen and oxygen atoms in total. The zero-order chi connectivity index (χ0) is 9.68. The number of hydrogen-bond acceptors (Lipinski definition) is 3. The predicted molar refractivity (Wildman–Crippen MR) is 49.3 cm³/mol. The zero-order valence-corrected chi connectivity index (χ0v) is 8.36. The van der Waals surface area contributed by atoms with Crippen molar-refractivity contribution >= 4 is 6.29 Å². The topological polar surface area (TPSA) is 35.5 Å². The fraction of sp³-hybridized carbons (Fsp3) is 0.900. The van der Waals surface area contributed by atoms with Crippen LogP contribution in [0.15, 0.2) is 0 Å². The van der Waals surface area contributed by atoms with Crippen molar-refractivity contribution in [2.75, 3.05) is 14.2 Å². The van der Waals surface area contributed by atoms with Crippen LogP contribution in [0.1, 0.15) is 25.7 Å². The predicted octanol–water partition coefficient (Wildman–Crippen LogP) is 1.61. The highest BCUT2D eigenvalue weighted by Crippen LogP contribution is 2.30. The van der Waals surface area contributed by atoms with E-state index in [-0.39, 0.29) is 12.2 Å². The highest BCUT2D eigenvalue weighted by Gasteiger charge is 2.27. The van der Waals surface area contributed by atoms with Gasteiger partial charge in [-0.1, -0.05) is 0 Å². The Morgan fingerprint density at radius 2 is 1.69 bits per heavy atom. The van der Waals surface area contributed by atoms with Crippen LogP contribution in [0.3, 0.4) is 0 Å². The molecule has 0 aromatic rings. The Labute approximate surface area is 79.4 Å². The van der Waals surface area contributed by atoms with E-state index in [0.717, 1.165) is 32.0 Å². The summed E-state index contributed by atoms with van der Waals surface area (Å²) >= 11 is 0. The van der Waals surface area contributed by atoms with Crippen molar-refractivity contribution in [3.05, 3.63) is 0 Å². The number of carbonyl (C=O) groups excluding carboxylic acids is 1. The Morgan fingerprint density at radius 1 is 1.15 bits per heavy atom. The van der Waals surface area contributed by atoms with Crippen LogP contribution in [0.2, 0.25) is 0 Å². The van der Waals surface area contributed by atoms with E-state index in [2.05, 4.69) is 0 Å². The lowest BCUT2D eigenvalue weighted by Crippen LogP contribution is -2.29. The number of ether oxygens (including phenoxy) is 2. The van der Waals surface area contributed by atoms with E-state index in [1.165, 1.54) is 0 Å². The van der Waals surface area contributed by atoms with Crippen LogP contribution in [0.4, 0.5) is 0 Å². The largest absolute Gasteiger partial charge is 0.356 e. The first kappa shape index (κ1) is 10.7. The second-order valence-corrected chi connectivity index (χ2v) is 3.65. The number of aldehydes is 1. The van der Waals surface area contributed by atoms with Gasteiger partial charge in [0.2, 0.25) is 0 Å². The van der Waals surface area contributed by atoms with Crippen LogP contribution in [0.25, 0.3) is 0 Å². The molecule has 1 saturated carbocycles. The van der Waals surface area contributed by atoms with E-state index in [9.17, 15) is 4.79 Å². The highest BCUT2D eigenvalue weighted by atomic mass is 16.7. The lowest BCUT2D eigenvalue weighted by atomic mass is 9.82. The summed E-state index contributed by atoms with van der Waals surface area (Å²) in [6, 6.07) is 0. The molecule has 13 heavy (non-hydrogen) atoms. The van der Waals surface area contributed by atoms with Gasteiger partial charge in [-0.05, 0) is 25.7 Å². The minimum Gasteiger partial charge on any atom is -0.356 e. The molecule has 0 unspecified atom stereocenters. The molecule has 0 heterocycles. The van der Waals surface area contributed by atoms with Crippen molar-refractivity contribution < 1.29 is 14.3 Å². The van der Waals surface area contributed by atoms with Gasteiger partial charge in [0.15, 0.2) is 6.29 Å². The van der Waals surface area contributed by atoms with Gasteiger partial charge < -0.3 is 14.3 Å². The van der Waals surface area contributed by atoms with Gasteiger partial charge in [0.1, 0.15) is 6.29 Å². The quantitative estimate of drug-likeness (QED) is 0.494. The van der Waals surface area contributed by atoms with Crippen molar-refractivity contribution in [3.8, 4) is 0 Å². The fourth-order valence-corrected chi connectivity index (χ4v) is 2.03. The van der Waals surface area contributed by atoms with E-state index in [1.807, 2.05) is 0 Å². The summed E-state index contributed by atoms with van der Waals surface area (Å²) in [4.78, 5) is 10.5. The molecule has 0 bridgehead atoms. The molecule has 0 aliphatic heterocycles. The van der Waals surface area contributed by atoms with Crippen molar-refractivity contribution in [2.24, 2.45) is 11.8 Å². The smallest absolute Gasteiger partial charge is 0.159 e. The molecule has 1 fully saturated rings. The third kappa shape index (κ3) is 2.78. The summed E-state index contributed by atoms with van der Waals surface area (Å²) in [7, 11) is 3.33. The molecule has 0 N–H and O–H groups in total. The molecule has 1 aliphatic carbocycles. The summed E-state index contributed by atoms with van der Waals surface area (Å²) < 4.78 is 10.4. The van der Waals surface area contributed by atoms with Crippen LogP contribution in [0.5, 0.6) is 0 Å². The summed E-state index contributed by atoms with van der Waals surface area (Å²) in [5, 5.41) is 0. The minimum atomic E-state index is -0.0902. The van der Waals surface area contributed by atoms with Crippen molar-refractivity contribution in [2.45, 2.75) is 32.0 Å². The second kappa shape index (κ2) is 5.35. The standard InChI is InChI=1S/C10H18O3/c1-12-10(13-2)9-5-3-8(7-11)4-6-9/h7-10H,3-6H2,1-2H3. The highest BCUT2D eigenvalue weighted by molar-refractivity contribution is 5.53. The van der Waals surface area contributed by atoms with Gasteiger partial charge in [0.25, 0.3) is 0 Å². The number of rotatable bonds is 4. The van der Waals surface area contributed by atoms with E-state index in [4.69, 9.17) is 9.47 Å². The van der Waals surface area contributed by atoms with Crippen LogP contribution < -0.4 is 0 Å². The number of carbonyl (C=O) groups is 1. The Hall–Kier alpha value is -0.410. The molecule has 0 saturated heterocycles. The second-order valence-electron chi connectivity index (χ2n) is 3.65. The third-order valence-corrected chi connectivity index (χ3v) is 2.86. The lowest BCUT2D eigenvalue weighted by molar-refractivity contribution is -0.146. The van der Waals surface area contributed by atoms with E-state index in [1.54, 1.807) is 14.2 Å². The first-order valence-corrected chi connectivity index (χ1v) is 4.82. The molecule has 0 atom stereocenters.